The van der Waals surface area contributed by atoms with E-state index in [1.165, 1.54) is 18.4 Å². The van der Waals surface area contributed by atoms with Crippen molar-refractivity contribution in [2.75, 3.05) is 5.88 Å². The predicted octanol–water partition coefficient (Wildman–Crippen LogP) is 4.44. The fourth-order valence-corrected chi connectivity index (χ4v) is 6.92. The van der Waals surface area contributed by atoms with Crippen LogP contribution in [0.1, 0.15) is 62.5 Å². The van der Waals surface area contributed by atoms with Crippen LogP contribution in [0, 0.1) is 13.8 Å². The first kappa shape index (κ1) is 21.4. The zero-order valence-corrected chi connectivity index (χ0v) is 19.0. The van der Waals surface area contributed by atoms with Crippen LogP contribution in [0.5, 0.6) is 5.75 Å². The fourth-order valence-electron chi connectivity index (χ4n) is 5.02. The first-order valence-electron chi connectivity index (χ1n) is 11.0. The van der Waals surface area contributed by atoms with E-state index in [1.54, 1.807) is 13.8 Å². The van der Waals surface area contributed by atoms with Gasteiger partial charge in [-0.1, -0.05) is 30.6 Å². The fraction of sp³-hybridized carbons (Fsp3) is 0.609. The summed E-state index contributed by atoms with van der Waals surface area (Å²) in [4.78, 5) is 2.41. The van der Waals surface area contributed by atoms with Crippen molar-refractivity contribution in [1.82, 2.24) is 10.1 Å². The zero-order chi connectivity index (χ0) is 21.3. The summed E-state index contributed by atoms with van der Waals surface area (Å²) in [6.07, 6.45) is 7.44. The molecule has 7 heteroatoms. The number of unbranched alkanes of at least 4 members (excludes halogenated alkanes) is 1. The van der Waals surface area contributed by atoms with Crippen LogP contribution in [0.25, 0.3) is 0 Å². The highest BCUT2D eigenvalue weighted by Gasteiger charge is 2.44. The minimum Gasteiger partial charge on any atom is -0.490 e. The van der Waals surface area contributed by atoms with Crippen LogP contribution in [0.4, 0.5) is 0 Å². The minimum atomic E-state index is -3.46. The van der Waals surface area contributed by atoms with Gasteiger partial charge in [0.2, 0.25) is 0 Å². The van der Waals surface area contributed by atoms with Gasteiger partial charge in [-0.15, -0.1) is 0 Å². The number of sulfone groups is 1. The third-order valence-electron chi connectivity index (χ3n) is 6.48. The molecular formula is C23H32N2O4S. The van der Waals surface area contributed by atoms with Crippen LogP contribution in [0.15, 0.2) is 33.7 Å². The minimum absolute atomic E-state index is 0.0318. The molecule has 1 unspecified atom stereocenters. The molecule has 2 bridgehead atoms. The molecule has 2 saturated heterocycles. The smallest absolute Gasteiger partial charge is 0.196 e. The number of rotatable bonds is 8. The van der Waals surface area contributed by atoms with Crippen LogP contribution in [-0.4, -0.2) is 42.5 Å². The average molecular weight is 433 g/mol. The summed E-state index contributed by atoms with van der Waals surface area (Å²) in [6.45, 7) is 5.55. The van der Waals surface area contributed by atoms with Gasteiger partial charge in [0.25, 0.3) is 0 Å². The summed E-state index contributed by atoms with van der Waals surface area (Å²) in [7, 11) is -3.46. The molecular weight excluding hydrogens is 400 g/mol. The van der Waals surface area contributed by atoms with Crippen molar-refractivity contribution in [2.24, 2.45) is 0 Å². The van der Waals surface area contributed by atoms with Crippen molar-refractivity contribution in [3.8, 4) is 5.75 Å². The molecule has 2 fully saturated rings. The van der Waals surface area contributed by atoms with Crippen molar-refractivity contribution in [2.45, 2.75) is 88.8 Å². The maximum Gasteiger partial charge on any atom is 0.196 e. The molecule has 2 aliphatic rings. The highest BCUT2D eigenvalue weighted by atomic mass is 32.2. The molecule has 6 nitrogen and oxygen atoms in total. The molecule has 1 aromatic carbocycles. The number of piperidine rings is 1. The van der Waals surface area contributed by atoms with Gasteiger partial charge in [0.05, 0.1) is 5.69 Å². The number of hydrogen-bond acceptors (Lipinski definition) is 6. The Labute approximate surface area is 179 Å². The number of hydrogen-bond donors (Lipinski definition) is 0. The summed E-state index contributed by atoms with van der Waals surface area (Å²) in [5.74, 6) is 1.32. The maximum absolute atomic E-state index is 13.0. The van der Waals surface area contributed by atoms with Crippen molar-refractivity contribution in [3.05, 3.63) is 41.3 Å². The normalized spacial score (nSPS) is 24.3. The van der Waals surface area contributed by atoms with Crippen LogP contribution < -0.4 is 4.74 Å². The van der Waals surface area contributed by atoms with E-state index in [4.69, 9.17) is 9.26 Å². The largest absolute Gasteiger partial charge is 0.490 e. The van der Waals surface area contributed by atoms with Gasteiger partial charge in [-0.2, -0.15) is 0 Å². The summed E-state index contributed by atoms with van der Waals surface area (Å²) < 4.78 is 37.4. The van der Waals surface area contributed by atoms with Gasteiger partial charge < -0.3 is 9.26 Å². The van der Waals surface area contributed by atoms with Gasteiger partial charge in [-0.3, -0.25) is 4.90 Å². The molecule has 4 rings (SSSR count). The Hall–Kier alpha value is -1.86. The van der Waals surface area contributed by atoms with Gasteiger partial charge in [0.1, 0.15) is 22.6 Å². The van der Waals surface area contributed by atoms with Gasteiger partial charge in [-0.25, -0.2) is 8.42 Å². The molecule has 0 amide bonds. The van der Waals surface area contributed by atoms with Gasteiger partial charge in [0.15, 0.2) is 15.6 Å². The topological polar surface area (TPSA) is 72.6 Å². The van der Waals surface area contributed by atoms with Crippen LogP contribution in [0.3, 0.4) is 0 Å². The lowest BCUT2D eigenvalue weighted by atomic mass is 10.0. The second-order valence-corrected chi connectivity index (χ2v) is 10.7. The summed E-state index contributed by atoms with van der Waals surface area (Å²) in [6, 6.07) is 8.94. The molecule has 0 aliphatic carbocycles. The third kappa shape index (κ3) is 4.42. The number of fused-ring (bicyclic) bond motifs is 2. The molecule has 164 valence electrons. The quantitative estimate of drug-likeness (QED) is 0.614. The first-order valence-corrected chi connectivity index (χ1v) is 12.7. The Morgan fingerprint density at radius 1 is 1.13 bits per heavy atom. The van der Waals surface area contributed by atoms with Crippen LogP contribution in [-0.2, 0) is 16.3 Å². The number of benzene rings is 1. The summed E-state index contributed by atoms with van der Waals surface area (Å²) in [5.41, 5.74) is 1.80. The first-order chi connectivity index (χ1) is 14.4. The summed E-state index contributed by atoms with van der Waals surface area (Å²) >= 11 is 0. The van der Waals surface area contributed by atoms with Crippen LogP contribution in [0.2, 0.25) is 0 Å². The Morgan fingerprint density at radius 3 is 2.37 bits per heavy atom. The predicted molar refractivity (Wildman–Crippen MR) is 115 cm³/mol. The second-order valence-electron chi connectivity index (χ2n) is 8.76. The maximum atomic E-state index is 13.0. The second kappa shape index (κ2) is 8.71. The standard InChI is InChI=1S/C23H32N2O4S/c1-4-5-6-18-7-11-21(12-8-18)28-22-13-19-9-10-20(14-22)25(19)15-30(26,27)23-16(2)24-29-17(23)3/h7-8,11-12,19-20,22H,4-6,9-10,13-15H2,1-3H3/t19-,20+,22?. The molecule has 3 atom stereocenters. The third-order valence-corrected chi connectivity index (χ3v) is 8.33. The van der Waals surface area contributed by atoms with Gasteiger partial charge in [-0.05, 0) is 70.1 Å². The molecule has 1 aromatic heterocycles. The Bertz CT molecular complexity index is 934. The summed E-state index contributed by atoms with van der Waals surface area (Å²) in [5, 5.41) is 3.82. The SMILES string of the molecule is CCCCc1ccc(OC2C[C@H]3CC[C@@H](C2)N3CS(=O)(=O)c2c(C)noc2C)cc1. The van der Waals surface area contributed by atoms with Crippen molar-refractivity contribution in [1.29, 1.82) is 0 Å². The highest BCUT2D eigenvalue weighted by Crippen LogP contribution is 2.38. The molecule has 0 radical (unpaired) electrons. The van der Waals surface area contributed by atoms with E-state index in [2.05, 4.69) is 41.2 Å². The number of aryl methyl sites for hydroxylation is 3. The van der Waals surface area contributed by atoms with Gasteiger partial charge >= 0.3 is 0 Å². The van der Waals surface area contributed by atoms with Crippen LogP contribution >= 0.6 is 0 Å². The molecule has 30 heavy (non-hydrogen) atoms. The van der Waals surface area contributed by atoms with Crippen molar-refractivity contribution >= 4 is 9.84 Å². The molecule has 0 N–H and O–H groups in total. The van der Waals surface area contributed by atoms with E-state index in [9.17, 15) is 8.42 Å². The molecule has 0 spiro atoms. The number of aromatic nitrogens is 1. The van der Waals surface area contributed by atoms with E-state index >= 15 is 0 Å². The molecule has 2 aliphatic heterocycles. The van der Waals surface area contributed by atoms with E-state index in [0.717, 1.165) is 37.9 Å². The lowest BCUT2D eigenvalue weighted by molar-refractivity contribution is 0.0609. The van der Waals surface area contributed by atoms with E-state index in [-0.39, 0.29) is 29.0 Å². The van der Waals surface area contributed by atoms with E-state index < -0.39 is 9.84 Å². The van der Waals surface area contributed by atoms with Crippen molar-refractivity contribution < 1.29 is 17.7 Å². The molecule has 3 heterocycles. The number of nitrogens with zero attached hydrogens (tertiary/aromatic N) is 2. The van der Waals surface area contributed by atoms with E-state index in [1.807, 2.05) is 0 Å². The van der Waals surface area contributed by atoms with Gasteiger partial charge in [0, 0.05) is 12.1 Å². The Balaban J connectivity index is 1.39. The Kier molecular flexibility index (Phi) is 6.21. The lowest BCUT2D eigenvalue weighted by Gasteiger charge is -2.38. The monoisotopic (exact) mass is 432 g/mol. The van der Waals surface area contributed by atoms with Crippen molar-refractivity contribution in [3.63, 3.8) is 0 Å². The number of ether oxygens (including phenoxy) is 1. The average Bonchev–Trinajstić information content (AvgIpc) is 3.15. The Morgan fingerprint density at radius 2 is 1.80 bits per heavy atom. The molecule has 2 aromatic rings. The molecule has 0 saturated carbocycles. The lowest BCUT2D eigenvalue weighted by Crippen LogP contribution is -2.48. The van der Waals surface area contributed by atoms with E-state index in [0.29, 0.717) is 11.5 Å². The zero-order valence-electron chi connectivity index (χ0n) is 18.1. The highest BCUT2D eigenvalue weighted by molar-refractivity contribution is 7.91.